The minimum atomic E-state index is -0.267. The van der Waals surface area contributed by atoms with Crippen molar-refractivity contribution in [2.45, 2.75) is 57.8 Å². The van der Waals surface area contributed by atoms with Crippen LogP contribution >= 0.6 is 0 Å². The summed E-state index contributed by atoms with van der Waals surface area (Å²) in [6.07, 6.45) is 5.47. The minimum Gasteiger partial charge on any atom is -0.493 e. The van der Waals surface area contributed by atoms with E-state index in [1.165, 1.54) is 12.8 Å². The van der Waals surface area contributed by atoms with Crippen LogP contribution in [-0.4, -0.2) is 54.9 Å². The van der Waals surface area contributed by atoms with Gasteiger partial charge in [-0.3, -0.25) is 0 Å². The van der Waals surface area contributed by atoms with Gasteiger partial charge in [0.15, 0.2) is 17.5 Å². The van der Waals surface area contributed by atoms with E-state index in [-0.39, 0.29) is 12.2 Å². The number of aliphatic imine (C=N–C) groups is 1. The summed E-state index contributed by atoms with van der Waals surface area (Å²) < 4.78 is 11.8. The van der Waals surface area contributed by atoms with E-state index in [2.05, 4.69) is 23.2 Å². The summed E-state index contributed by atoms with van der Waals surface area (Å²) in [6, 6.07) is 5.98. The normalized spacial score (nSPS) is 21.3. The van der Waals surface area contributed by atoms with Crippen LogP contribution in [0, 0.1) is 0 Å². The number of para-hydroxylation sites is 1. The highest BCUT2D eigenvalue weighted by Gasteiger charge is 2.24. The second-order valence-electron chi connectivity index (χ2n) is 7.03. The molecule has 0 unspecified atom stereocenters. The maximum atomic E-state index is 9.81. The standard InChI is InChI=1S/C20H31N3O3/c1-3-21-20(23-12-11-16(24)14-23)22-13-15-7-6-10-18(25-2)19(15)26-17-8-4-5-9-17/h6-7,10,16-17,24H,3-5,8-9,11-14H2,1-2H3,(H,21,22)/t16-/m1/s1. The number of nitrogens with one attached hydrogen (secondary N) is 1. The molecule has 0 spiro atoms. The molecule has 0 radical (unpaired) electrons. The van der Waals surface area contributed by atoms with Gasteiger partial charge < -0.3 is 24.8 Å². The average molecular weight is 361 g/mol. The Morgan fingerprint density at radius 2 is 2.12 bits per heavy atom. The summed E-state index contributed by atoms with van der Waals surface area (Å²) in [5, 5.41) is 13.1. The Morgan fingerprint density at radius 1 is 1.31 bits per heavy atom. The maximum absolute atomic E-state index is 9.81. The summed E-state index contributed by atoms with van der Waals surface area (Å²) >= 11 is 0. The van der Waals surface area contributed by atoms with E-state index in [1.807, 2.05) is 12.1 Å². The number of hydrogen-bond acceptors (Lipinski definition) is 4. The lowest BCUT2D eigenvalue weighted by Crippen LogP contribution is -2.40. The highest BCUT2D eigenvalue weighted by molar-refractivity contribution is 5.80. The Labute approximate surface area is 156 Å². The van der Waals surface area contributed by atoms with Crippen LogP contribution in [-0.2, 0) is 6.54 Å². The van der Waals surface area contributed by atoms with Gasteiger partial charge in [-0.25, -0.2) is 4.99 Å². The monoisotopic (exact) mass is 361 g/mol. The van der Waals surface area contributed by atoms with Gasteiger partial charge >= 0.3 is 0 Å². The Bertz CT molecular complexity index is 614. The molecule has 6 heteroatoms. The predicted molar refractivity (Wildman–Crippen MR) is 103 cm³/mol. The van der Waals surface area contributed by atoms with Crippen molar-refractivity contribution in [3.8, 4) is 11.5 Å². The van der Waals surface area contributed by atoms with Crippen LogP contribution < -0.4 is 14.8 Å². The first kappa shape index (κ1) is 18.8. The number of β-amino-alcohol motifs (C(OH)–C–C–N with tert-alkyl or cyclic N) is 1. The van der Waals surface area contributed by atoms with E-state index in [0.29, 0.717) is 13.1 Å². The number of ether oxygens (including phenoxy) is 2. The molecule has 2 aliphatic rings. The molecule has 2 N–H and O–H groups in total. The lowest BCUT2D eigenvalue weighted by atomic mass is 10.1. The van der Waals surface area contributed by atoms with Crippen molar-refractivity contribution in [3.63, 3.8) is 0 Å². The number of guanidine groups is 1. The van der Waals surface area contributed by atoms with Gasteiger partial charge in [0, 0.05) is 25.2 Å². The third-order valence-electron chi connectivity index (χ3n) is 5.06. The van der Waals surface area contributed by atoms with Crippen LogP contribution in [0.1, 0.15) is 44.6 Å². The van der Waals surface area contributed by atoms with Crippen LogP contribution in [0.2, 0.25) is 0 Å². The zero-order chi connectivity index (χ0) is 18.4. The molecule has 1 aromatic rings. The summed E-state index contributed by atoms with van der Waals surface area (Å²) in [6.45, 7) is 4.84. The Hall–Kier alpha value is -1.95. The van der Waals surface area contributed by atoms with Gasteiger partial charge in [-0.05, 0) is 45.1 Å². The molecule has 1 heterocycles. The summed E-state index contributed by atoms with van der Waals surface area (Å²) in [5.74, 6) is 2.44. The van der Waals surface area contributed by atoms with Crippen LogP contribution in [0.3, 0.4) is 0 Å². The van der Waals surface area contributed by atoms with Crippen molar-refractivity contribution in [3.05, 3.63) is 23.8 Å². The third-order valence-corrected chi connectivity index (χ3v) is 5.06. The molecule has 0 aromatic heterocycles. The fraction of sp³-hybridized carbons (Fsp3) is 0.650. The van der Waals surface area contributed by atoms with E-state index >= 15 is 0 Å². The van der Waals surface area contributed by atoms with Crippen LogP contribution in [0.4, 0.5) is 0 Å². The molecule has 1 aliphatic carbocycles. The van der Waals surface area contributed by atoms with Crippen molar-refractivity contribution in [2.24, 2.45) is 4.99 Å². The molecule has 2 fully saturated rings. The fourth-order valence-corrected chi connectivity index (χ4v) is 3.67. The number of hydrogen-bond donors (Lipinski definition) is 2. The Balaban J connectivity index is 1.78. The molecule has 1 aromatic carbocycles. The first-order chi connectivity index (χ1) is 12.7. The largest absolute Gasteiger partial charge is 0.493 e. The Kier molecular flexibility index (Phi) is 6.61. The second-order valence-corrected chi connectivity index (χ2v) is 7.03. The van der Waals surface area contributed by atoms with Gasteiger partial charge in [-0.2, -0.15) is 0 Å². The molecule has 1 atom stereocenters. The minimum absolute atomic E-state index is 0.267. The van der Waals surface area contributed by atoms with Gasteiger partial charge in [0.1, 0.15) is 0 Å². The first-order valence-electron chi connectivity index (χ1n) is 9.75. The molecule has 1 saturated heterocycles. The number of aliphatic hydroxyl groups is 1. The summed E-state index contributed by atoms with van der Waals surface area (Å²) in [5.41, 5.74) is 1.03. The van der Waals surface area contributed by atoms with Gasteiger partial charge in [-0.15, -0.1) is 0 Å². The second kappa shape index (κ2) is 9.12. The van der Waals surface area contributed by atoms with Crippen molar-refractivity contribution >= 4 is 5.96 Å². The molecule has 26 heavy (non-hydrogen) atoms. The zero-order valence-corrected chi connectivity index (χ0v) is 15.9. The van der Waals surface area contributed by atoms with Crippen molar-refractivity contribution in [1.82, 2.24) is 10.2 Å². The van der Waals surface area contributed by atoms with Gasteiger partial charge in [0.05, 0.1) is 25.9 Å². The number of methoxy groups -OCH3 is 1. The van der Waals surface area contributed by atoms with Crippen molar-refractivity contribution in [2.75, 3.05) is 26.7 Å². The van der Waals surface area contributed by atoms with Gasteiger partial charge in [0.2, 0.25) is 0 Å². The molecular formula is C20H31N3O3. The molecule has 0 amide bonds. The fourth-order valence-electron chi connectivity index (χ4n) is 3.67. The van der Waals surface area contributed by atoms with Crippen molar-refractivity contribution in [1.29, 1.82) is 0 Å². The highest BCUT2D eigenvalue weighted by Crippen LogP contribution is 2.35. The van der Waals surface area contributed by atoms with Crippen LogP contribution in [0.25, 0.3) is 0 Å². The molecule has 1 saturated carbocycles. The number of rotatable bonds is 6. The molecule has 6 nitrogen and oxygen atoms in total. The number of benzene rings is 1. The number of aliphatic hydroxyl groups excluding tert-OH is 1. The summed E-state index contributed by atoms with van der Waals surface area (Å²) in [7, 11) is 1.68. The third kappa shape index (κ3) is 4.61. The van der Waals surface area contributed by atoms with E-state index in [4.69, 9.17) is 14.5 Å². The lowest BCUT2D eigenvalue weighted by Gasteiger charge is -2.22. The number of likely N-dealkylation sites (tertiary alicyclic amines) is 1. The van der Waals surface area contributed by atoms with Crippen molar-refractivity contribution < 1.29 is 14.6 Å². The SMILES string of the molecule is CCNC(=NCc1cccc(OC)c1OC1CCCC1)N1CC[C@@H](O)C1. The molecule has 0 bridgehead atoms. The van der Waals surface area contributed by atoms with E-state index in [1.54, 1.807) is 7.11 Å². The Morgan fingerprint density at radius 3 is 2.77 bits per heavy atom. The highest BCUT2D eigenvalue weighted by atomic mass is 16.5. The lowest BCUT2D eigenvalue weighted by molar-refractivity contribution is 0.187. The molecule has 3 rings (SSSR count). The van der Waals surface area contributed by atoms with E-state index in [9.17, 15) is 5.11 Å². The zero-order valence-electron chi connectivity index (χ0n) is 15.9. The molecule has 1 aliphatic heterocycles. The summed E-state index contributed by atoms with van der Waals surface area (Å²) in [4.78, 5) is 6.91. The smallest absolute Gasteiger partial charge is 0.194 e. The molecule has 144 valence electrons. The average Bonchev–Trinajstić information content (AvgIpc) is 3.31. The maximum Gasteiger partial charge on any atom is 0.194 e. The van der Waals surface area contributed by atoms with E-state index < -0.39 is 0 Å². The first-order valence-corrected chi connectivity index (χ1v) is 9.75. The van der Waals surface area contributed by atoms with Gasteiger partial charge in [-0.1, -0.05) is 12.1 Å². The van der Waals surface area contributed by atoms with Crippen LogP contribution in [0.5, 0.6) is 11.5 Å². The molecular weight excluding hydrogens is 330 g/mol. The number of nitrogens with zero attached hydrogens (tertiary/aromatic N) is 2. The van der Waals surface area contributed by atoms with Gasteiger partial charge in [0.25, 0.3) is 0 Å². The van der Waals surface area contributed by atoms with Crippen LogP contribution in [0.15, 0.2) is 23.2 Å². The predicted octanol–water partition coefficient (Wildman–Crippen LogP) is 2.55. The quantitative estimate of drug-likeness (QED) is 0.602. The topological polar surface area (TPSA) is 66.3 Å². The van der Waals surface area contributed by atoms with E-state index in [0.717, 1.165) is 55.4 Å².